The Morgan fingerprint density at radius 1 is 0.509 bits per heavy atom. The van der Waals surface area contributed by atoms with Gasteiger partial charge in [0.05, 0.1) is 0 Å². The molecule has 3 amide bonds. The van der Waals surface area contributed by atoms with Crippen LogP contribution in [-0.2, 0) is 14.3 Å². The largest absolute Gasteiger partial charge is 0.444 e. The molecule has 0 aliphatic rings. The smallest absolute Gasteiger partial charge is 0.410 e. The van der Waals surface area contributed by atoms with Crippen molar-refractivity contribution in [2.24, 2.45) is 23.7 Å². The van der Waals surface area contributed by atoms with Crippen molar-refractivity contribution in [2.75, 3.05) is 32.7 Å². The zero-order valence-electron chi connectivity index (χ0n) is 38.6. The molecule has 0 aliphatic carbocycles. The lowest BCUT2D eigenvalue weighted by Crippen LogP contribution is -2.45. The van der Waals surface area contributed by atoms with Gasteiger partial charge >= 0.3 is 12.2 Å². The molecular formula is C47H93N3O5. The summed E-state index contributed by atoms with van der Waals surface area (Å²) in [5.74, 6) is 2.56. The van der Waals surface area contributed by atoms with E-state index in [0.717, 1.165) is 82.6 Å². The first-order valence-corrected chi connectivity index (χ1v) is 23.1. The molecule has 0 bridgehead atoms. The molecule has 8 nitrogen and oxygen atoms in total. The molecule has 3 unspecified atom stereocenters. The second-order valence-corrected chi connectivity index (χ2v) is 19.2. The number of carbonyl (C=O) groups is 3. The van der Waals surface area contributed by atoms with E-state index in [1.54, 1.807) is 0 Å². The Hall–Kier alpha value is -1.99. The Balaban J connectivity index is 4.79. The fourth-order valence-corrected chi connectivity index (χ4v) is 7.12. The van der Waals surface area contributed by atoms with Crippen molar-refractivity contribution in [3.8, 4) is 0 Å². The molecule has 0 spiro atoms. The third-order valence-corrected chi connectivity index (χ3v) is 10.6. The van der Waals surface area contributed by atoms with Crippen molar-refractivity contribution >= 4 is 18.1 Å². The molecule has 55 heavy (non-hydrogen) atoms. The van der Waals surface area contributed by atoms with E-state index in [4.69, 9.17) is 9.47 Å². The van der Waals surface area contributed by atoms with E-state index in [1.165, 1.54) is 64.2 Å². The van der Waals surface area contributed by atoms with Gasteiger partial charge in [0.2, 0.25) is 5.91 Å². The fourth-order valence-electron chi connectivity index (χ4n) is 7.12. The van der Waals surface area contributed by atoms with Gasteiger partial charge in [0.1, 0.15) is 11.2 Å². The second-order valence-electron chi connectivity index (χ2n) is 19.2. The molecule has 0 aromatic rings. The van der Waals surface area contributed by atoms with Crippen LogP contribution in [0.5, 0.6) is 0 Å². The molecule has 0 saturated heterocycles. The maximum atomic E-state index is 13.3. The van der Waals surface area contributed by atoms with Gasteiger partial charge in [0, 0.05) is 39.1 Å². The summed E-state index contributed by atoms with van der Waals surface area (Å²) in [6, 6.07) is 0. The summed E-state index contributed by atoms with van der Waals surface area (Å²) in [4.78, 5) is 42.9. The van der Waals surface area contributed by atoms with Crippen molar-refractivity contribution in [1.82, 2.24) is 15.1 Å². The molecule has 8 heteroatoms. The van der Waals surface area contributed by atoms with Crippen molar-refractivity contribution in [1.29, 1.82) is 0 Å². The lowest BCUT2D eigenvalue weighted by Gasteiger charge is -2.34. The SMILES string of the molecule is CCCCC(C)CCCCC(C)CCCC(C)CCC(=O)NCCCCCCC(CN(CCCC)C(=O)OC(C)(C)C)CN(CCCC)C(=O)OC(C)(C)C. The van der Waals surface area contributed by atoms with Crippen LogP contribution in [0.1, 0.15) is 218 Å². The average Bonchev–Trinajstić information content (AvgIpc) is 3.09. The van der Waals surface area contributed by atoms with Crippen LogP contribution in [0, 0.1) is 23.7 Å². The van der Waals surface area contributed by atoms with Gasteiger partial charge in [0.25, 0.3) is 0 Å². The monoisotopic (exact) mass is 780 g/mol. The number of nitrogens with zero attached hydrogens (tertiary/aromatic N) is 2. The third kappa shape index (κ3) is 31.7. The van der Waals surface area contributed by atoms with E-state index < -0.39 is 11.2 Å². The molecule has 326 valence electrons. The highest BCUT2D eigenvalue weighted by Gasteiger charge is 2.28. The fraction of sp³-hybridized carbons (Fsp3) is 0.936. The van der Waals surface area contributed by atoms with E-state index in [1.807, 2.05) is 51.3 Å². The topological polar surface area (TPSA) is 88.2 Å². The highest BCUT2D eigenvalue weighted by atomic mass is 16.6. The molecule has 0 saturated carbocycles. The van der Waals surface area contributed by atoms with E-state index in [2.05, 4.69) is 46.9 Å². The van der Waals surface area contributed by atoms with Crippen LogP contribution in [-0.4, -0.2) is 71.8 Å². The summed E-state index contributed by atoms with van der Waals surface area (Å²) < 4.78 is 11.6. The summed E-state index contributed by atoms with van der Waals surface area (Å²) in [7, 11) is 0. The van der Waals surface area contributed by atoms with Crippen LogP contribution in [0.15, 0.2) is 0 Å². The van der Waals surface area contributed by atoms with Gasteiger partial charge in [-0.25, -0.2) is 9.59 Å². The molecule has 0 rings (SSSR count). The number of amides is 3. The number of unbranched alkanes of at least 4 members (excludes halogenated alkanes) is 7. The Morgan fingerprint density at radius 3 is 1.36 bits per heavy atom. The average molecular weight is 780 g/mol. The molecule has 3 atom stereocenters. The first-order valence-electron chi connectivity index (χ1n) is 23.1. The summed E-state index contributed by atoms with van der Waals surface area (Å²) in [6.07, 6.45) is 23.1. The van der Waals surface area contributed by atoms with Crippen LogP contribution in [0.4, 0.5) is 9.59 Å². The first-order chi connectivity index (χ1) is 25.9. The lowest BCUT2D eigenvalue weighted by atomic mass is 9.91. The predicted octanol–water partition coefficient (Wildman–Crippen LogP) is 13.4. The quantitative estimate of drug-likeness (QED) is 0.0687. The Labute approximate surface area is 341 Å². The van der Waals surface area contributed by atoms with Crippen LogP contribution in [0.25, 0.3) is 0 Å². The first kappa shape index (κ1) is 53.0. The van der Waals surface area contributed by atoms with Gasteiger partial charge in [-0.3, -0.25) is 4.79 Å². The van der Waals surface area contributed by atoms with Crippen LogP contribution in [0.2, 0.25) is 0 Å². The van der Waals surface area contributed by atoms with Gasteiger partial charge in [0.15, 0.2) is 0 Å². The number of nitrogens with one attached hydrogen (secondary N) is 1. The summed E-state index contributed by atoms with van der Waals surface area (Å²) in [5, 5.41) is 3.16. The maximum absolute atomic E-state index is 13.3. The number of carbonyl (C=O) groups excluding carboxylic acids is 3. The second kappa shape index (κ2) is 31.1. The molecule has 0 aromatic heterocycles. The molecular weight excluding hydrogens is 687 g/mol. The molecule has 0 heterocycles. The van der Waals surface area contributed by atoms with E-state index in [0.29, 0.717) is 38.5 Å². The number of hydrogen-bond donors (Lipinski definition) is 1. The van der Waals surface area contributed by atoms with Crippen molar-refractivity contribution < 1.29 is 23.9 Å². The van der Waals surface area contributed by atoms with Crippen LogP contribution >= 0.6 is 0 Å². The van der Waals surface area contributed by atoms with E-state index in [-0.39, 0.29) is 24.0 Å². The predicted molar refractivity (Wildman–Crippen MR) is 234 cm³/mol. The van der Waals surface area contributed by atoms with Gasteiger partial charge in [-0.2, -0.15) is 0 Å². The van der Waals surface area contributed by atoms with Crippen LogP contribution < -0.4 is 5.32 Å². The highest BCUT2D eigenvalue weighted by molar-refractivity contribution is 5.75. The van der Waals surface area contributed by atoms with Crippen molar-refractivity contribution in [2.45, 2.75) is 229 Å². The molecule has 0 fully saturated rings. The summed E-state index contributed by atoms with van der Waals surface area (Å²) in [6.45, 7) is 28.2. The Kier molecular flexibility index (Phi) is 29.9. The van der Waals surface area contributed by atoms with Crippen LogP contribution in [0.3, 0.4) is 0 Å². The minimum atomic E-state index is -0.571. The van der Waals surface area contributed by atoms with Gasteiger partial charge < -0.3 is 24.6 Å². The van der Waals surface area contributed by atoms with Gasteiger partial charge in [-0.1, -0.05) is 138 Å². The molecule has 1 N–H and O–H groups in total. The van der Waals surface area contributed by atoms with E-state index in [9.17, 15) is 14.4 Å². The minimum absolute atomic E-state index is 0.104. The number of rotatable bonds is 32. The zero-order valence-corrected chi connectivity index (χ0v) is 38.6. The summed E-state index contributed by atoms with van der Waals surface area (Å²) in [5.41, 5.74) is -1.14. The summed E-state index contributed by atoms with van der Waals surface area (Å²) >= 11 is 0. The standard InChI is InChI=1S/C47H93N3O5/c1-13-16-26-39(4)27-22-23-28-40(5)29-25-30-41(6)32-33-43(51)48-34-24-20-19-21-31-42(37-49(35-17-14-2)44(52)54-46(7,8)9)38-50(36-18-15-3)45(53)55-47(10,11)12/h39-42H,13-38H2,1-12H3,(H,48,51). The van der Waals surface area contributed by atoms with Crippen molar-refractivity contribution in [3.05, 3.63) is 0 Å². The van der Waals surface area contributed by atoms with Gasteiger partial charge in [-0.05, 0) is 97.3 Å². The normalized spacial score (nSPS) is 13.7. The van der Waals surface area contributed by atoms with Crippen molar-refractivity contribution in [3.63, 3.8) is 0 Å². The molecule has 0 aromatic carbocycles. The lowest BCUT2D eigenvalue weighted by molar-refractivity contribution is -0.121. The maximum Gasteiger partial charge on any atom is 0.410 e. The Morgan fingerprint density at radius 2 is 0.909 bits per heavy atom. The Bertz CT molecular complexity index is 933. The van der Waals surface area contributed by atoms with E-state index >= 15 is 0 Å². The minimum Gasteiger partial charge on any atom is -0.444 e. The van der Waals surface area contributed by atoms with Gasteiger partial charge in [-0.15, -0.1) is 0 Å². The number of ether oxygens (including phenoxy) is 2. The highest BCUT2D eigenvalue weighted by Crippen LogP contribution is 2.23. The zero-order chi connectivity index (χ0) is 41.7. The molecule has 0 radical (unpaired) electrons. The molecule has 0 aliphatic heterocycles. The third-order valence-electron chi connectivity index (χ3n) is 10.6. The number of hydrogen-bond acceptors (Lipinski definition) is 5.